The first-order valence-corrected chi connectivity index (χ1v) is 7.58. The molecule has 0 aliphatic rings. The van der Waals surface area contributed by atoms with E-state index in [9.17, 15) is 4.21 Å². The first-order valence-electron chi connectivity index (χ1n) is 6.30. The van der Waals surface area contributed by atoms with Crippen LogP contribution in [0.15, 0.2) is 30.3 Å². The lowest BCUT2D eigenvalue weighted by atomic mass is 9.92. The first-order chi connectivity index (χ1) is 9.27. The SMILES string of the molecule is CC(C)(C)c1cc(N)n(-c2ccc(CS(=O)O)cc2)n1. The van der Waals surface area contributed by atoms with Gasteiger partial charge in [0, 0.05) is 11.5 Å². The van der Waals surface area contributed by atoms with Crippen molar-refractivity contribution in [2.45, 2.75) is 31.9 Å². The molecule has 108 valence electrons. The molecule has 0 aliphatic heterocycles. The quantitative estimate of drug-likeness (QED) is 0.852. The van der Waals surface area contributed by atoms with Gasteiger partial charge < -0.3 is 10.3 Å². The minimum Gasteiger partial charge on any atom is -0.384 e. The van der Waals surface area contributed by atoms with Crippen LogP contribution in [0.3, 0.4) is 0 Å². The molecule has 0 fully saturated rings. The van der Waals surface area contributed by atoms with Gasteiger partial charge in [0.1, 0.15) is 5.82 Å². The standard InChI is InChI=1S/C14H19N3O2S/c1-14(2,3)12-8-13(15)17(16-12)11-6-4-10(5-7-11)9-20(18)19/h4-8H,9,15H2,1-3H3,(H,18,19). The van der Waals surface area contributed by atoms with Gasteiger partial charge in [-0.2, -0.15) is 5.10 Å². The molecule has 1 heterocycles. The molecule has 1 atom stereocenters. The van der Waals surface area contributed by atoms with Crippen molar-refractivity contribution < 1.29 is 8.76 Å². The molecule has 0 saturated heterocycles. The summed E-state index contributed by atoms with van der Waals surface area (Å²) in [5.41, 5.74) is 8.51. The van der Waals surface area contributed by atoms with Crippen molar-refractivity contribution in [3.8, 4) is 5.69 Å². The van der Waals surface area contributed by atoms with Crippen LogP contribution in [-0.2, 0) is 22.2 Å². The van der Waals surface area contributed by atoms with E-state index < -0.39 is 11.1 Å². The highest BCUT2D eigenvalue weighted by Gasteiger charge is 2.19. The molecule has 2 aromatic rings. The lowest BCUT2D eigenvalue weighted by Gasteiger charge is -2.14. The summed E-state index contributed by atoms with van der Waals surface area (Å²) >= 11 is -1.83. The van der Waals surface area contributed by atoms with E-state index in [1.165, 1.54) is 0 Å². The Bertz CT molecular complexity index is 627. The molecule has 20 heavy (non-hydrogen) atoms. The molecule has 1 unspecified atom stereocenters. The highest BCUT2D eigenvalue weighted by atomic mass is 32.2. The fourth-order valence-corrected chi connectivity index (χ4v) is 2.32. The average Bonchev–Trinajstić information content (AvgIpc) is 2.71. The zero-order chi connectivity index (χ0) is 14.9. The molecule has 1 aromatic carbocycles. The van der Waals surface area contributed by atoms with Gasteiger partial charge in [-0.1, -0.05) is 32.9 Å². The minimum atomic E-state index is -1.83. The van der Waals surface area contributed by atoms with Crippen molar-refractivity contribution >= 4 is 16.9 Å². The number of aromatic nitrogens is 2. The highest BCUT2D eigenvalue weighted by molar-refractivity contribution is 7.78. The number of rotatable bonds is 3. The maximum absolute atomic E-state index is 10.8. The van der Waals surface area contributed by atoms with Crippen LogP contribution in [0.1, 0.15) is 32.0 Å². The Morgan fingerprint density at radius 3 is 2.35 bits per heavy atom. The van der Waals surface area contributed by atoms with E-state index in [1.807, 2.05) is 18.2 Å². The van der Waals surface area contributed by atoms with Crippen LogP contribution >= 0.6 is 0 Å². The maximum Gasteiger partial charge on any atom is 0.157 e. The fraction of sp³-hybridized carbons (Fsp3) is 0.357. The summed E-state index contributed by atoms with van der Waals surface area (Å²) in [4.78, 5) is 0. The van der Waals surface area contributed by atoms with E-state index in [2.05, 4.69) is 25.9 Å². The molecule has 0 radical (unpaired) electrons. The zero-order valence-electron chi connectivity index (χ0n) is 11.8. The molecular formula is C14H19N3O2S. The highest BCUT2D eigenvalue weighted by Crippen LogP contribution is 2.24. The Labute approximate surface area is 121 Å². The van der Waals surface area contributed by atoms with Crippen LogP contribution in [0.2, 0.25) is 0 Å². The summed E-state index contributed by atoms with van der Waals surface area (Å²) in [6.07, 6.45) is 0. The summed E-state index contributed by atoms with van der Waals surface area (Å²) in [5.74, 6) is 0.704. The number of nitrogens with zero attached hydrogens (tertiary/aromatic N) is 2. The van der Waals surface area contributed by atoms with Crippen molar-refractivity contribution in [1.82, 2.24) is 9.78 Å². The lowest BCUT2D eigenvalue weighted by Crippen LogP contribution is -2.12. The van der Waals surface area contributed by atoms with Gasteiger partial charge in [0.05, 0.1) is 17.1 Å². The van der Waals surface area contributed by atoms with Crippen molar-refractivity contribution in [2.75, 3.05) is 5.73 Å². The third-order valence-electron chi connectivity index (χ3n) is 2.98. The second-order valence-corrected chi connectivity index (χ2v) is 6.68. The molecule has 0 saturated carbocycles. The second kappa shape index (κ2) is 5.38. The predicted octanol–water partition coefficient (Wildman–Crippen LogP) is 2.47. The van der Waals surface area contributed by atoms with Crippen molar-refractivity contribution in [2.24, 2.45) is 0 Å². The van der Waals surface area contributed by atoms with E-state index in [0.717, 1.165) is 16.9 Å². The van der Waals surface area contributed by atoms with Gasteiger partial charge in [-0.15, -0.1) is 0 Å². The molecule has 2 rings (SSSR count). The van der Waals surface area contributed by atoms with E-state index in [0.29, 0.717) is 5.82 Å². The first kappa shape index (κ1) is 14.7. The van der Waals surface area contributed by atoms with Gasteiger partial charge in [-0.25, -0.2) is 8.89 Å². The molecule has 0 aliphatic carbocycles. The van der Waals surface area contributed by atoms with Crippen molar-refractivity contribution in [3.63, 3.8) is 0 Å². The summed E-state index contributed by atoms with van der Waals surface area (Å²) in [6.45, 7) is 6.25. The Kier molecular flexibility index (Phi) is 3.96. The second-order valence-electron chi connectivity index (χ2n) is 5.75. The van der Waals surface area contributed by atoms with Gasteiger partial charge in [0.15, 0.2) is 11.1 Å². The predicted molar refractivity (Wildman–Crippen MR) is 81.2 cm³/mol. The average molecular weight is 293 g/mol. The normalized spacial score (nSPS) is 13.4. The van der Waals surface area contributed by atoms with Crippen LogP contribution in [0, 0.1) is 0 Å². The summed E-state index contributed by atoms with van der Waals surface area (Å²) < 4.78 is 21.3. The maximum atomic E-state index is 10.8. The van der Waals surface area contributed by atoms with Crippen LogP contribution in [0.5, 0.6) is 0 Å². The minimum absolute atomic E-state index is 0.0624. The molecule has 5 nitrogen and oxygen atoms in total. The summed E-state index contributed by atoms with van der Waals surface area (Å²) in [6, 6.07) is 9.18. The van der Waals surface area contributed by atoms with E-state index in [1.54, 1.807) is 16.8 Å². The Hall–Kier alpha value is -1.66. The van der Waals surface area contributed by atoms with Crippen LogP contribution < -0.4 is 5.73 Å². The zero-order valence-corrected chi connectivity index (χ0v) is 12.6. The van der Waals surface area contributed by atoms with Crippen molar-refractivity contribution in [3.05, 3.63) is 41.6 Å². The summed E-state index contributed by atoms with van der Waals surface area (Å²) in [5, 5.41) is 4.52. The molecule has 6 heteroatoms. The fourth-order valence-electron chi connectivity index (χ4n) is 1.84. The number of hydrogen-bond donors (Lipinski definition) is 2. The monoisotopic (exact) mass is 293 g/mol. The Balaban J connectivity index is 2.32. The molecule has 0 bridgehead atoms. The van der Waals surface area contributed by atoms with E-state index in [4.69, 9.17) is 10.3 Å². The lowest BCUT2D eigenvalue weighted by molar-refractivity contribution is 0.560. The van der Waals surface area contributed by atoms with Gasteiger partial charge >= 0.3 is 0 Å². The van der Waals surface area contributed by atoms with Crippen molar-refractivity contribution in [1.29, 1.82) is 0 Å². The van der Waals surface area contributed by atoms with Gasteiger partial charge in [0.2, 0.25) is 0 Å². The molecule has 1 aromatic heterocycles. The number of hydrogen-bond acceptors (Lipinski definition) is 3. The van der Waals surface area contributed by atoms with E-state index >= 15 is 0 Å². The van der Waals surface area contributed by atoms with Crippen LogP contribution in [0.4, 0.5) is 5.82 Å². The molecular weight excluding hydrogens is 274 g/mol. The topological polar surface area (TPSA) is 81.1 Å². The smallest absolute Gasteiger partial charge is 0.157 e. The molecule has 0 spiro atoms. The van der Waals surface area contributed by atoms with Crippen LogP contribution in [0.25, 0.3) is 5.69 Å². The number of benzene rings is 1. The molecule has 0 amide bonds. The third-order valence-corrected chi connectivity index (χ3v) is 3.56. The van der Waals surface area contributed by atoms with E-state index in [-0.39, 0.29) is 11.2 Å². The van der Waals surface area contributed by atoms with Crippen LogP contribution in [-0.4, -0.2) is 18.5 Å². The third kappa shape index (κ3) is 3.26. The van der Waals surface area contributed by atoms with Gasteiger partial charge in [-0.05, 0) is 17.7 Å². The number of nitrogen functional groups attached to an aromatic ring is 1. The number of anilines is 1. The Morgan fingerprint density at radius 2 is 1.90 bits per heavy atom. The van der Waals surface area contributed by atoms with Gasteiger partial charge in [-0.3, -0.25) is 0 Å². The number of nitrogens with two attached hydrogens (primary N) is 1. The van der Waals surface area contributed by atoms with Gasteiger partial charge in [0.25, 0.3) is 0 Å². The summed E-state index contributed by atoms with van der Waals surface area (Å²) in [7, 11) is 0. The largest absolute Gasteiger partial charge is 0.384 e. The molecule has 3 N–H and O–H groups in total. The Morgan fingerprint density at radius 1 is 1.30 bits per heavy atom.